The highest BCUT2D eigenvalue weighted by atomic mass is 35.5. The first-order chi connectivity index (χ1) is 6.34. The molecule has 2 N–H and O–H groups in total. The van der Waals surface area contributed by atoms with Gasteiger partial charge in [-0.25, -0.2) is 4.39 Å². The van der Waals surface area contributed by atoms with Crippen LogP contribution >= 0.6 is 12.4 Å². The Morgan fingerprint density at radius 1 is 1.27 bits per heavy atom. The van der Waals surface area contributed by atoms with Crippen LogP contribution in [0.5, 0.6) is 0 Å². The molecule has 0 fully saturated rings. The van der Waals surface area contributed by atoms with Gasteiger partial charge < -0.3 is 5.73 Å². The Morgan fingerprint density at radius 3 is 2.27 bits per heavy atom. The number of hydrogen-bond donors (Lipinski definition) is 1. The molecule has 0 spiro atoms. The second kappa shape index (κ2) is 4.95. The lowest BCUT2D eigenvalue weighted by atomic mass is 9.81. The van der Waals surface area contributed by atoms with Crippen LogP contribution in [0.15, 0.2) is 18.2 Å². The van der Waals surface area contributed by atoms with Crippen molar-refractivity contribution < 1.29 is 4.39 Å². The topological polar surface area (TPSA) is 26.0 Å². The Balaban J connectivity index is 0.00000196. The minimum absolute atomic E-state index is 0. The summed E-state index contributed by atoms with van der Waals surface area (Å²) in [7, 11) is 0. The lowest BCUT2D eigenvalue weighted by Crippen LogP contribution is -2.27. The minimum Gasteiger partial charge on any atom is -0.324 e. The van der Waals surface area contributed by atoms with Gasteiger partial charge in [0.05, 0.1) is 0 Å². The van der Waals surface area contributed by atoms with E-state index in [1.165, 1.54) is 6.07 Å². The van der Waals surface area contributed by atoms with E-state index in [1.54, 1.807) is 13.0 Å². The third kappa shape index (κ3) is 3.18. The SMILES string of the molecule is Cc1c(F)cccc1[C@H](N)C(C)(C)C.Cl. The minimum atomic E-state index is -0.179. The van der Waals surface area contributed by atoms with E-state index in [4.69, 9.17) is 5.73 Å². The number of hydrogen-bond acceptors (Lipinski definition) is 1. The van der Waals surface area contributed by atoms with Gasteiger partial charge in [0.15, 0.2) is 0 Å². The molecule has 0 amide bonds. The van der Waals surface area contributed by atoms with Crippen molar-refractivity contribution in [1.82, 2.24) is 0 Å². The van der Waals surface area contributed by atoms with E-state index in [2.05, 4.69) is 20.8 Å². The first-order valence-corrected chi connectivity index (χ1v) is 4.84. The summed E-state index contributed by atoms with van der Waals surface area (Å²) < 4.78 is 13.3. The zero-order valence-corrected chi connectivity index (χ0v) is 10.5. The van der Waals surface area contributed by atoms with Crippen LogP contribution in [0.4, 0.5) is 4.39 Å². The molecular weight excluding hydrogens is 213 g/mol. The van der Waals surface area contributed by atoms with Crippen molar-refractivity contribution in [2.24, 2.45) is 11.1 Å². The van der Waals surface area contributed by atoms with E-state index in [0.717, 1.165) is 5.56 Å². The highest BCUT2D eigenvalue weighted by molar-refractivity contribution is 5.85. The van der Waals surface area contributed by atoms with Gasteiger partial charge in [-0.3, -0.25) is 0 Å². The summed E-state index contributed by atoms with van der Waals surface area (Å²) in [5.41, 5.74) is 7.59. The molecule has 0 aliphatic heterocycles. The highest BCUT2D eigenvalue weighted by Crippen LogP contribution is 2.32. The first kappa shape index (κ1) is 14.4. The summed E-state index contributed by atoms with van der Waals surface area (Å²) in [5.74, 6) is -0.179. The van der Waals surface area contributed by atoms with Crippen molar-refractivity contribution in [3.63, 3.8) is 0 Å². The molecule has 1 aromatic carbocycles. The molecule has 0 unspecified atom stereocenters. The predicted molar refractivity (Wildman–Crippen MR) is 64.8 cm³/mol. The third-order valence-corrected chi connectivity index (χ3v) is 2.58. The zero-order valence-electron chi connectivity index (χ0n) is 9.67. The Hall–Kier alpha value is -0.600. The second-order valence-electron chi connectivity index (χ2n) is 4.80. The lowest BCUT2D eigenvalue weighted by molar-refractivity contribution is 0.325. The quantitative estimate of drug-likeness (QED) is 0.785. The van der Waals surface area contributed by atoms with E-state index in [9.17, 15) is 4.39 Å². The average Bonchev–Trinajstić information content (AvgIpc) is 2.07. The zero-order chi connectivity index (χ0) is 10.9. The maximum absolute atomic E-state index is 13.3. The van der Waals surface area contributed by atoms with Gasteiger partial charge in [-0.1, -0.05) is 32.9 Å². The van der Waals surface area contributed by atoms with Gasteiger partial charge >= 0.3 is 0 Å². The van der Waals surface area contributed by atoms with Crippen LogP contribution in [-0.4, -0.2) is 0 Å². The van der Waals surface area contributed by atoms with Gasteiger partial charge in [0.25, 0.3) is 0 Å². The van der Waals surface area contributed by atoms with Crippen molar-refractivity contribution in [1.29, 1.82) is 0 Å². The molecule has 0 saturated carbocycles. The van der Waals surface area contributed by atoms with E-state index >= 15 is 0 Å². The largest absolute Gasteiger partial charge is 0.324 e. The standard InChI is InChI=1S/C12H18FN.ClH/c1-8-9(6-5-7-10(8)13)11(14)12(2,3)4;/h5-7,11H,14H2,1-4H3;1H/t11-;/m0./s1. The van der Waals surface area contributed by atoms with Crippen molar-refractivity contribution in [2.75, 3.05) is 0 Å². The van der Waals surface area contributed by atoms with Crippen molar-refractivity contribution >= 4 is 12.4 Å². The number of benzene rings is 1. The van der Waals surface area contributed by atoms with Crippen LogP contribution in [-0.2, 0) is 0 Å². The Kier molecular flexibility index (Phi) is 4.75. The molecular formula is C12H19ClFN. The summed E-state index contributed by atoms with van der Waals surface area (Å²) >= 11 is 0. The Labute approximate surface area is 97.3 Å². The van der Waals surface area contributed by atoms with Crippen LogP contribution in [0.1, 0.15) is 37.9 Å². The van der Waals surface area contributed by atoms with Crippen LogP contribution in [0.2, 0.25) is 0 Å². The van der Waals surface area contributed by atoms with Gasteiger partial charge in [-0.05, 0) is 29.5 Å². The number of nitrogens with two attached hydrogens (primary N) is 1. The van der Waals surface area contributed by atoms with Gasteiger partial charge in [0, 0.05) is 6.04 Å². The molecule has 0 heterocycles. The molecule has 15 heavy (non-hydrogen) atoms. The molecule has 1 atom stereocenters. The summed E-state index contributed by atoms with van der Waals surface area (Å²) in [6.45, 7) is 7.95. The molecule has 0 saturated heterocycles. The monoisotopic (exact) mass is 231 g/mol. The van der Waals surface area contributed by atoms with Crippen molar-refractivity contribution in [3.05, 3.63) is 35.1 Å². The smallest absolute Gasteiger partial charge is 0.126 e. The van der Waals surface area contributed by atoms with Crippen LogP contribution in [0, 0.1) is 18.2 Å². The molecule has 86 valence electrons. The fourth-order valence-electron chi connectivity index (χ4n) is 1.43. The van der Waals surface area contributed by atoms with E-state index in [-0.39, 0.29) is 29.7 Å². The van der Waals surface area contributed by atoms with Crippen LogP contribution < -0.4 is 5.73 Å². The molecule has 0 aliphatic carbocycles. The van der Waals surface area contributed by atoms with Crippen molar-refractivity contribution in [3.8, 4) is 0 Å². The van der Waals surface area contributed by atoms with Gasteiger partial charge in [-0.15, -0.1) is 12.4 Å². The summed E-state index contributed by atoms with van der Waals surface area (Å²) in [4.78, 5) is 0. The average molecular weight is 232 g/mol. The van der Waals surface area contributed by atoms with Gasteiger partial charge in [0.1, 0.15) is 5.82 Å². The molecule has 1 nitrogen and oxygen atoms in total. The van der Waals surface area contributed by atoms with Crippen molar-refractivity contribution in [2.45, 2.75) is 33.7 Å². The maximum Gasteiger partial charge on any atom is 0.126 e. The summed E-state index contributed by atoms with van der Waals surface area (Å²) in [6, 6.07) is 4.95. The van der Waals surface area contributed by atoms with Gasteiger partial charge in [0.2, 0.25) is 0 Å². The first-order valence-electron chi connectivity index (χ1n) is 4.84. The normalized spacial score (nSPS) is 13.2. The fraction of sp³-hybridized carbons (Fsp3) is 0.500. The molecule has 0 aliphatic rings. The third-order valence-electron chi connectivity index (χ3n) is 2.58. The Bertz CT molecular complexity index is 331. The summed E-state index contributed by atoms with van der Waals surface area (Å²) in [6.07, 6.45) is 0. The molecule has 1 rings (SSSR count). The molecule has 1 aromatic rings. The molecule has 0 radical (unpaired) electrons. The predicted octanol–water partition coefficient (Wildman–Crippen LogP) is 3.60. The van der Waals surface area contributed by atoms with E-state index in [1.807, 2.05) is 6.07 Å². The second-order valence-corrected chi connectivity index (χ2v) is 4.80. The highest BCUT2D eigenvalue weighted by Gasteiger charge is 2.24. The lowest BCUT2D eigenvalue weighted by Gasteiger charge is -2.28. The van der Waals surface area contributed by atoms with E-state index in [0.29, 0.717) is 5.56 Å². The number of halogens is 2. The fourth-order valence-corrected chi connectivity index (χ4v) is 1.43. The van der Waals surface area contributed by atoms with Crippen LogP contribution in [0.25, 0.3) is 0 Å². The molecule has 3 heteroatoms. The van der Waals surface area contributed by atoms with Crippen LogP contribution in [0.3, 0.4) is 0 Å². The number of rotatable bonds is 1. The molecule has 0 aromatic heterocycles. The van der Waals surface area contributed by atoms with Gasteiger partial charge in [-0.2, -0.15) is 0 Å². The maximum atomic E-state index is 13.3. The van der Waals surface area contributed by atoms with E-state index < -0.39 is 0 Å². The Morgan fingerprint density at radius 2 is 1.80 bits per heavy atom. The summed E-state index contributed by atoms with van der Waals surface area (Å²) in [5, 5.41) is 0. The molecule has 0 bridgehead atoms.